The van der Waals surface area contributed by atoms with Crippen LogP contribution in [0.25, 0.3) is 0 Å². The number of carbonyl (C=O) groups is 1. The molecule has 120 valence electrons. The Morgan fingerprint density at radius 3 is 2.76 bits per heavy atom. The summed E-state index contributed by atoms with van der Waals surface area (Å²) in [5, 5.41) is 6.19. The molecule has 0 aromatic carbocycles. The molecule has 5 heteroatoms. The maximum atomic E-state index is 11.6. The molecule has 1 unspecified atom stereocenters. The molecule has 1 amide bonds. The molecule has 0 radical (unpaired) electrons. The standard InChI is InChI=1S/C16H29N3O2/c1-6-9-19-10-7-8-14(19)12-17-13(2)11-18-15(20)21-16(3,4)5/h7-8,10,13,17H,6,9,11-12H2,1-5H3,(H,18,20). The molecule has 1 aromatic rings. The van der Waals surface area contributed by atoms with E-state index in [9.17, 15) is 4.79 Å². The third kappa shape index (κ3) is 7.18. The Labute approximate surface area is 128 Å². The normalized spacial score (nSPS) is 13.0. The van der Waals surface area contributed by atoms with Crippen LogP contribution in [0, 0.1) is 0 Å². The second-order valence-electron chi connectivity index (χ2n) is 6.36. The van der Waals surface area contributed by atoms with Crippen molar-refractivity contribution in [1.29, 1.82) is 0 Å². The van der Waals surface area contributed by atoms with Crippen LogP contribution >= 0.6 is 0 Å². The van der Waals surface area contributed by atoms with Gasteiger partial charge in [-0.3, -0.25) is 0 Å². The Morgan fingerprint density at radius 2 is 2.14 bits per heavy atom. The lowest BCUT2D eigenvalue weighted by atomic mass is 10.2. The molecule has 1 aromatic heterocycles. The molecular weight excluding hydrogens is 266 g/mol. The van der Waals surface area contributed by atoms with Gasteiger partial charge in [-0.1, -0.05) is 6.92 Å². The van der Waals surface area contributed by atoms with Crippen molar-refractivity contribution in [3.8, 4) is 0 Å². The molecule has 5 nitrogen and oxygen atoms in total. The summed E-state index contributed by atoms with van der Waals surface area (Å²) in [7, 11) is 0. The summed E-state index contributed by atoms with van der Waals surface area (Å²) in [6, 6.07) is 4.37. The highest BCUT2D eigenvalue weighted by molar-refractivity contribution is 5.67. The Balaban J connectivity index is 2.29. The van der Waals surface area contributed by atoms with Crippen molar-refractivity contribution in [1.82, 2.24) is 15.2 Å². The molecule has 0 fully saturated rings. The first-order valence-corrected chi connectivity index (χ1v) is 7.66. The number of hydrogen-bond donors (Lipinski definition) is 2. The van der Waals surface area contributed by atoms with E-state index in [1.165, 1.54) is 5.69 Å². The lowest BCUT2D eigenvalue weighted by Crippen LogP contribution is -2.41. The third-order valence-corrected chi connectivity index (χ3v) is 2.97. The molecule has 0 aliphatic rings. The SMILES string of the molecule is CCCn1cccc1CNC(C)CNC(=O)OC(C)(C)C. The van der Waals surface area contributed by atoms with Gasteiger partial charge in [0.15, 0.2) is 0 Å². The molecular formula is C16H29N3O2. The predicted octanol–water partition coefficient (Wildman–Crippen LogP) is 2.90. The maximum Gasteiger partial charge on any atom is 0.407 e. The molecule has 1 atom stereocenters. The minimum absolute atomic E-state index is 0.183. The summed E-state index contributed by atoms with van der Waals surface area (Å²) < 4.78 is 7.46. The lowest BCUT2D eigenvalue weighted by Gasteiger charge is -2.21. The zero-order valence-corrected chi connectivity index (χ0v) is 13.9. The van der Waals surface area contributed by atoms with Gasteiger partial charge in [0.25, 0.3) is 0 Å². The fourth-order valence-electron chi connectivity index (χ4n) is 1.97. The summed E-state index contributed by atoms with van der Waals surface area (Å²) in [5.74, 6) is 0. The Kier molecular flexibility index (Phi) is 6.75. The van der Waals surface area contributed by atoms with Gasteiger partial charge < -0.3 is 19.9 Å². The van der Waals surface area contributed by atoms with Crippen molar-refractivity contribution < 1.29 is 9.53 Å². The lowest BCUT2D eigenvalue weighted by molar-refractivity contribution is 0.0523. The number of hydrogen-bond acceptors (Lipinski definition) is 3. The average Bonchev–Trinajstić information content (AvgIpc) is 2.80. The van der Waals surface area contributed by atoms with Gasteiger partial charge >= 0.3 is 6.09 Å². The van der Waals surface area contributed by atoms with Gasteiger partial charge in [0.1, 0.15) is 5.60 Å². The van der Waals surface area contributed by atoms with E-state index < -0.39 is 5.60 Å². The highest BCUT2D eigenvalue weighted by Crippen LogP contribution is 2.06. The Hall–Kier alpha value is -1.49. The first kappa shape index (κ1) is 17.6. The zero-order valence-electron chi connectivity index (χ0n) is 13.9. The molecule has 21 heavy (non-hydrogen) atoms. The van der Waals surface area contributed by atoms with Crippen LogP contribution in [0.15, 0.2) is 18.3 Å². The number of nitrogens with one attached hydrogen (secondary N) is 2. The minimum atomic E-state index is -0.457. The van der Waals surface area contributed by atoms with Crippen molar-refractivity contribution >= 4 is 6.09 Å². The summed E-state index contributed by atoms with van der Waals surface area (Å²) in [6.07, 6.45) is 2.85. The molecule has 0 saturated heterocycles. The average molecular weight is 295 g/mol. The molecule has 0 aliphatic carbocycles. The molecule has 1 heterocycles. The van der Waals surface area contributed by atoms with E-state index in [4.69, 9.17) is 4.74 Å². The quantitative estimate of drug-likeness (QED) is 0.813. The Morgan fingerprint density at radius 1 is 1.43 bits per heavy atom. The predicted molar refractivity (Wildman–Crippen MR) is 85.3 cm³/mol. The van der Waals surface area contributed by atoms with Crippen molar-refractivity contribution in [2.45, 2.75) is 65.8 Å². The zero-order chi connectivity index (χ0) is 15.9. The fourth-order valence-corrected chi connectivity index (χ4v) is 1.97. The van der Waals surface area contributed by atoms with Crippen LogP contribution in [0.5, 0.6) is 0 Å². The van der Waals surface area contributed by atoms with Crippen LogP contribution < -0.4 is 10.6 Å². The van der Waals surface area contributed by atoms with E-state index in [0.717, 1.165) is 19.5 Å². The van der Waals surface area contributed by atoms with E-state index in [2.05, 4.69) is 40.5 Å². The fraction of sp³-hybridized carbons (Fsp3) is 0.688. The molecule has 2 N–H and O–H groups in total. The molecule has 0 bridgehead atoms. The Bertz CT molecular complexity index is 435. The second-order valence-corrected chi connectivity index (χ2v) is 6.36. The summed E-state index contributed by atoms with van der Waals surface area (Å²) in [5.41, 5.74) is 0.808. The van der Waals surface area contributed by atoms with E-state index in [-0.39, 0.29) is 12.1 Å². The minimum Gasteiger partial charge on any atom is -0.444 e. The van der Waals surface area contributed by atoms with E-state index in [1.807, 2.05) is 27.7 Å². The number of amides is 1. The van der Waals surface area contributed by atoms with Gasteiger partial charge in [-0.15, -0.1) is 0 Å². The van der Waals surface area contributed by atoms with Gasteiger partial charge in [0.2, 0.25) is 0 Å². The number of aryl methyl sites for hydroxylation is 1. The maximum absolute atomic E-state index is 11.6. The van der Waals surface area contributed by atoms with Crippen LogP contribution in [0.3, 0.4) is 0 Å². The number of aromatic nitrogens is 1. The largest absolute Gasteiger partial charge is 0.444 e. The van der Waals surface area contributed by atoms with Gasteiger partial charge in [-0.05, 0) is 46.2 Å². The molecule has 0 spiro atoms. The first-order chi connectivity index (χ1) is 9.81. The summed E-state index contributed by atoms with van der Waals surface area (Å²) in [6.45, 7) is 12.2. The highest BCUT2D eigenvalue weighted by Gasteiger charge is 2.16. The molecule has 0 aliphatic heterocycles. The third-order valence-electron chi connectivity index (χ3n) is 2.97. The molecule has 0 saturated carbocycles. The van der Waals surface area contributed by atoms with Crippen LogP contribution in [-0.4, -0.2) is 28.8 Å². The number of ether oxygens (including phenoxy) is 1. The van der Waals surface area contributed by atoms with Gasteiger partial charge in [0.05, 0.1) is 0 Å². The van der Waals surface area contributed by atoms with Crippen molar-refractivity contribution in [3.05, 3.63) is 24.0 Å². The number of carbonyl (C=O) groups excluding carboxylic acids is 1. The summed E-state index contributed by atoms with van der Waals surface area (Å²) in [4.78, 5) is 11.6. The van der Waals surface area contributed by atoms with Gasteiger partial charge in [-0.25, -0.2) is 4.79 Å². The number of nitrogens with zero attached hydrogens (tertiary/aromatic N) is 1. The molecule has 1 rings (SSSR count). The van der Waals surface area contributed by atoms with Crippen molar-refractivity contribution in [2.75, 3.05) is 6.54 Å². The smallest absolute Gasteiger partial charge is 0.407 e. The number of alkyl carbamates (subject to hydrolysis) is 1. The van der Waals surface area contributed by atoms with Crippen LogP contribution in [-0.2, 0) is 17.8 Å². The van der Waals surface area contributed by atoms with Gasteiger partial charge in [0, 0.05) is 37.6 Å². The van der Waals surface area contributed by atoms with E-state index in [1.54, 1.807) is 0 Å². The first-order valence-electron chi connectivity index (χ1n) is 7.66. The van der Waals surface area contributed by atoms with Crippen molar-refractivity contribution in [3.63, 3.8) is 0 Å². The topological polar surface area (TPSA) is 55.3 Å². The number of rotatable bonds is 7. The highest BCUT2D eigenvalue weighted by atomic mass is 16.6. The van der Waals surface area contributed by atoms with Crippen LogP contribution in [0.2, 0.25) is 0 Å². The second kappa shape index (κ2) is 8.08. The van der Waals surface area contributed by atoms with Crippen molar-refractivity contribution in [2.24, 2.45) is 0 Å². The van der Waals surface area contributed by atoms with Gasteiger partial charge in [-0.2, -0.15) is 0 Å². The van der Waals surface area contributed by atoms with E-state index >= 15 is 0 Å². The van der Waals surface area contributed by atoms with Crippen LogP contribution in [0.4, 0.5) is 4.79 Å². The monoisotopic (exact) mass is 295 g/mol. The summed E-state index contributed by atoms with van der Waals surface area (Å²) >= 11 is 0. The van der Waals surface area contributed by atoms with Crippen LogP contribution in [0.1, 0.15) is 46.7 Å². The van der Waals surface area contributed by atoms with E-state index in [0.29, 0.717) is 6.54 Å².